The SMILES string of the molecule is Cc1cc(Oc2cccc(Br)c2C(N)=S)ccc1C(C)C. The van der Waals surface area contributed by atoms with Crippen LogP contribution in [0.5, 0.6) is 11.5 Å². The van der Waals surface area contributed by atoms with Gasteiger partial charge in [-0.2, -0.15) is 0 Å². The van der Waals surface area contributed by atoms with Gasteiger partial charge in [-0.25, -0.2) is 0 Å². The Bertz CT molecular complexity index is 682. The van der Waals surface area contributed by atoms with Crippen molar-refractivity contribution < 1.29 is 4.74 Å². The van der Waals surface area contributed by atoms with Crippen LogP contribution in [-0.2, 0) is 0 Å². The fourth-order valence-electron chi connectivity index (χ4n) is 2.31. The van der Waals surface area contributed by atoms with Gasteiger partial charge >= 0.3 is 0 Å². The number of nitrogens with two attached hydrogens (primary N) is 1. The molecule has 0 atom stereocenters. The molecule has 0 bridgehead atoms. The fourth-order valence-corrected chi connectivity index (χ4v) is 3.22. The predicted octanol–water partition coefficient (Wildman–Crippen LogP) is 5.31. The number of rotatable bonds is 4. The van der Waals surface area contributed by atoms with Crippen LogP contribution in [0.3, 0.4) is 0 Å². The Labute approximate surface area is 139 Å². The molecule has 0 fully saturated rings. The molecule has 2 aromatic rings. The van der Waals surface area contributed by atoms with Crippen LogP contribution in [0.15, 0.2) is 40.9 Å². The summed E-state index contributed by atoms with van der Waals surface area (Å²) in [5.74, 6) is 1.94. The van der Waals surface area contributed by atoms with Crippen molar-refractivity contribution >= 4 is 33.1 Å². The van der Waals surface area contributed by atoms with E-state index >= 15 is 0 Å². The number of aryl methyl sites for hydroxylation is 1. The van der Waals surface area contributed by atoms with Crippen LogP contribution < -0.4 is 10.5 Å². The highest BCUT2D eigenvalue weighted by atomic mass is 79.9. The second kappa shape index (κ2) is 6.58. The van der Waals surface area contributed by atoms with Gasteiger partial charge < -0.3 is 10.5 Å². The summed E-state index contributed by atoms with van der Waals surface area (Å²) in [7, 11) is 0. The molecule has 2 rings (SSSR count). The summed E-state index contributed by atoms with van der Waals surface area (Å²) in [6.45, 7) is 6.46. The third-order valence-corrected chi connectivity index (χ3v) is 4.18. The monoisotopic (exact) mass is 363 g/mol. The Kier molecular flexibility index (Phi) is 5.01. The standard InChI is InChI=1S/C17H18BrNOS/c1-10(2)13-8-7-12(9-11(13)3)20-15-6-4-5-14(18)16(15)17(19)21/h4-10H,1-3H3,(H2,19,21). The summed E-state index contributed by atoms with van der Waals surface area (Å²) in [5, 5.41) is 0. The molecule has 0 amide bonds. The second-order valence-corrected chi connectivity index (χ2v) is 6.55. The first-order valence-corrected chi connectivity index (χ1v) is 7.97. The zero-order valence-electron chi connectivity index (χ0n) is 12.3. The van der Waals surface area contributed by atoms with Crippen molar-refractivity contribution in [3.8, 4) is 11.5 Å². The van der Waals surface area contributed by atoms with Gasteiger partial charge in [0, 0.05) is 4.47 Å². The molecular formula is C17H18BrNOS. The lowest BCUT2D eigenvalue weighted by Gasteiger charge is -2.14. The Balaban J connectivity index is 2.37. The molecule has 0 spiro atoms. The molecule has 0 aliphatic heterocycles. The Morgan fingerprint density at radius 1 is 1.24 bits per heavy atom. The minimum Gasteiger partial charge on any atom is -0.457 e. The number of hydrogen-bond acceptors (Lipinski definition) is 2. The number of benzene rings is 2. The van der Waals surface area contributed by atoms with Crippen molar-refractivity contribution in [3.63, 3.8) is 0 Å². The minimum atomic E-state index is 0.313. The van der Waals surface area contributed by atoms with E-state index in [1.54, 1.807) is 0 Å². The van der Waals surface area contributed by atoms with Gasteiger partial charge in [-0.1, -0.05) is 38.2 Å². The van der Waals surface area contributed by atoms with Crippen LogP contribution in [0, 0.1) is 6.92 Å². The van der Waals surface area contributed by atoms with E-state index in [0.29, 0.717) is 16.7 Å². The van der Waals surface area contributed by atoms with E-state index in [1.165, 1.54) is 11.1 Å². The molecule has 0 heterocycles. The van der Waals surface area contributed by atoms with Gasteiger partial charge in [-0.3, -0.25) is 0 Å². The Morgan fingerprint density at radius 3 is 2.52 bits per heavy atom. The van der Waals surface area contributed by atoms with Crippen LogP contribution in [0.25, 0.3) is 0 Å². The summed E-state index contributed by atoms with van der Waals surface area (Å²) < 4.78 is 6.81. The van der Waals surface area contributed by atoms with E-state index in [4.69, 9.17) is 22.7 Å². The quantitative estimate of drug-likeness (QED) is 0.747. The van der Waals surface area contributed by atoms with E-state index in [-0.39, 0.29) is 0 Å². The summed E-state index contributed by atoms with van der Waals surface area (Å²) in [6.07, 6.45) is 0. The molecule has 0 radical (unpaired) electrons. The van der Waals surface area contributed by atoms with Gasteiger partial charge in [0.05, 0.1) is 5.56 Å². The van der Waals surface area contributed by atoms with Crippen molar-refractivity contribution in [3.05, 3.63) is 57.6 Å². The first-order chi connectivity index (χ1) is 9.90. The number of ether oxygens (including phenoxy) is 1. The normalized spacial score (nSPS) is 10.7. The highest BCUT2D eigenvalue weighted by Crippen LogP contribution is 2.32. The molecule has 0 unspecified atom stereocenters. The average Bonchev–Trinajstić information content (AvgIpc) is 2.37. The van der Waals surface area contributed by atoms with Crippen LogP contribution in [-0.4, -0.2) is 4.99 Å². The molecule has 0 saturated heterocycles. The molecule has 2 nitrogen and oxygen atoms in total. The molecule has 0 aliphatic rings. The van der Waals surface area contributed by atoms with Gasteiger partial charge in [-0.05, 0) is 64.2 Å². The zero-order chi connectivity index (χ0) is 15.6. The zero-order valence-corrected chi connectivity index (χ0v) is 14.7. The molecule has 21 heavy (non-hydrogen) atoms. The van der Waals surface area contributed by atoms with Gasteiger partial charge in [0.15, 0.2) is 0 Å². The predicted molar refractivity (Wildman–Crippen MR) is 95.4 cm³/mol. The number of halogens is 1. The van der Waals surface area contributed by atoms with E-state index in [9.17, 15) is 0 Å². The van der Waals surface area contributed by atoms with Crippen LogP contribution in [0.1, 0.15) is 36.5 Å². The molecular weight excluding hydrogens is 346 g/mol. The maximum absolute atomic E-state index is 5.97. The lowest BCUT2D eigenvalue weighted by molar-refractivity contribution is 0.480. The van der Waals surface area contributed by atoms with Gasteiger partial charge in [0.2, 0.25) is 0 Å². The van der Waals surface area contributed by atoms with Crippen LogP contribution >= 0.6 is 28.1 Å². The van der Waals surface area contributed by atoms with E-state index in [2.05, 4.69) is 42.8 Å². The molecule has 2 N–H and O–H groups in total. The van der Waals surface area contributed by atoms with Gasteiger partial charge in [0.1, 0.15) is 16.5 Å². The molecule has 0 saturated carbocycles. The lowest BCUT2D eigenvalue weighted by Crippen LogP contribution is -2.11. The summed E-state index contributed by atoms with van der Waals surface area (Å²) in [5.41, 5.74) is 9.05. The fraction of sp³-hybridized carbons (Fsp3) is 0.235. The van der Waals surface area contributed by atoms with Crippen molar-refractivity contribution in [1.82, 2.24) is 0 Å². The maximum Gasteiger partial charge on any atom is 0.138 e. The summed E-state index contributed by atoms with van der Waals surface area (Å²) in [4.78, 5) is 0.313. The van der Waals surface area contributed by atoms with E-state index in [0.717, 1.165) is 15.8 Å². The van der Waals surface area contributed by atoms with Crippen LogP contribution in [0.4, 0.5) is 0 Å². The third kappa shape index (κ3) is 3.63. The molecule has 4 heteroatoms. The van der Waals surface area contributed by atoms with Crippen LogP contribution in [0.2, 0.25) is 0 Å². The number of hydrogen-bond donors (Lipinski definition) is 1. The minimum absolute atomic E-state index is 0.313. The summed E-state index contributed by atoms with van der Waals surface area (Å²) in [6, 6.07) is 11.8. The summed E-state index contributed by atoms with van der Waals surface area (Å²) >= 11 is 8.56. The third-order valence-electron chi connectivity index (χ3n) is 3.31. The van der Waals surface area contributed by atoms with Gasteiger partial charge in [0.25, 0.3) is 0 Å². The molecule has 0 aliphatic carbocycles. The number of thiocarbonyl (C=S) groups is 1. The Hall–Kier alpha value is -1.39. The second-order valence-electron chi connectivity index (χ2n) is 5.25. The average molecular weight is 364 g/mol. The van der Waals surface area contributed by atoms with E-state index in [1.807, 2.05) is 30.3 Å². The Morgan fingerprint density at radius 2 is 1.95 bits per heavy atom. The largest absolute Gasteiger partial charge is 0.457 e. The van der Waals surface area contributed by atoms with Crippen molar-refractivity contribution in [2.24, 2.45) is 5.73 Å². The maximum atomic E-state index is 5.97. The van der Waals surface area contributed by atoms with Gasteiger partial charge in [-0.15, -0.1) is 0 Å². The smallest absolute Gasteiger partial charge is 0.138 e. The first kappa shape index (κ1) is 16.0. The van der Waals surface area contributed by atoms with Crippen molar-refractivity contribution in [2.45, 2.75) is 26.7 Å². The molecule has 0 aromatic heterocycles. The topological polar surface area (TPSA) is 35.2 Å². The lowest BCUT2D eigenvalue weighted by atomic mass is 9.98. The molecule has 110 valence electrons. The van der Waals surface area contributed by atoms with E-state index < -0.39 is 0 Å². The van der Waals surface area contributed by atoms with Crippen molar-refractivity contribution in [1.29, 1.82) is 0 Å². The first-order valence-electron chi connectivity index (χ1n) is 6.77. The van der Waals surface area contributed by atoms with Crippen molar-refractivity contribution in [2.75, 3.05) is 0 Å². The highest BCUT2D eigenvalue weighted by Gasteiger charge is 2.12. The molecule has 2 aromatic carbocycles. The highest BCUT2D eigenvalue weighted by molar-refractivity contribution is 9.10.